The van der Waals surface area contributed by atoms with E-state index in [1.54, 1.807) is 6.92 Å². The topological polar surface area (TPSA) is 105 Å². The largest absolute Gasteiger partial charge is 0.478 e. The summed E-state index contributed by atoms with van der Waals surface area (Å²) < 4.78 is 5.50. The summed E-state index contributed by atoms with van der Waals surface area (Å²) in [5.41, 5.74) is 4.50. The molecule has 4 rings (SSSR count). The zero-order valence-electron chi connectivity index (χ0n) is 18.7. The van der Waals surface area contributed by atoms with E-state index in [0.29, 0.717) is 0 Å². The van der Waals surface area contributed by atoms with Gasteiger partial charge >= 0.3 is 12.1 Å². The standard InChI is InChI=1S/C26H22Cl2N2O5/c1-14(10-23(31)30-24-21(27)11-15(25(32)33)12-22(24)28)29-26(34)35-13-20-18-8-4-2-6-16(18)17-7-3-5-9-19(17)20/h2-9,11-12,14,20H,10,13H2,1H3,(H,29,34)(H,30,31)(H,32,33). The fraction of sp³-hybridized carbons (Fsp3) is 0.192. The van der Waals surface area contributed by atoms with E-state index in [0.717, 1.165) is 22.3 Å². The SMILES string of the molecule is CC(CC(=O)Nc1c(Cl)cc(C(=O)O)cc1Cl)NC(=O)OCC1c2ccccc2-c2ccccc21. The monoisotopic (exact) mass is 512 g/mol. The highest BCUT2D eigenvalue weighted by Crippen LogP contribution is 2.44. The van der Waals surface area contributed by atoms with Crippen molar-refractivity contribution < 1.29 is 24.2 Å². The first-order valence-corrected chi connectivity index (χ1v) is 11.6. The Hall–Kier alpha value is -3.55. The number of ether oxygens (including phenoxy) is 1. The summed E-state index contributed by atoms with van der Waals surface area (Å²) in [4.78, 5) is 35.9. The van der Waals surface area contributed by atoms with Crippen molar-refractivity contribution in [1.82, 2.24) is 5.32 Å². The fourth-order valence-corrected chi connectivity index (χ4v) is 4.76. The van der Waals surface area contributed by atoms with Gasteiger partial charge < -0.3 is 20.5 Å². The Bertz CT molecular complexity index is 1240. The van der Waals surface area contributed by atoms with Crippen LogP contribution in [0.15, 0.2) is 60.7 Å². The number of carbonyl (C=O) groups excluding carboxylic acids is 2. The fourth-order valence-electron chi connectivity index (χ4n) is 4.18. The van der Waals surface area contributed by atoms with Crippen molar-refractivity contribution in [3.8, 4) is 11.1 Å². The van der Waals surface area contributed by atoms with Crippen molar-refractivity contribution in [3.63, 3.8) is 0 Å². The number of hydrogen-bond acceptors (Lipinski definition) is 4. The van der Waals surface area contributed by atoms with E-state index in [1.165, 1.54) is 12.1 Å². The van der Waals surface area contributed by atoms with E-state index in [1.807, 2.05) is 36.4 Å². The van der Waals surface area contributed by atoms with E-state index < -0.39 is 24.0 Å². The molecule has 0 saturated carbocycles. The number of rotatable bonds is 7. The van der Waals surface area contributed by atoms with Gasteiger partial charge in [0.15, 0.2) is 0 Å². The van der Waals surface area contributed by atoms with Gasteiger partial charge in [-0.2, -0.15) is 0 Å². The maximum absolute atomic E-state index is 12.4. The summed E-state index contributed by atoms with van der Waals surface area (Å²) in [7, 11) is 0. The molecule has 1 unspecified atom stereocenters. The molecule has 1 aliphatic rings. The number of anilines is 1. The molecule has 2 amide bonds. The van der Waals surface area contributed by atoms with Crippen molar-refractivity contribution in [2.75, 3.05) is 11.9 Å². The van der Waals surface area contributed by atoms with Crippen LogP contribution in [0.4, 0.5) is 10.5 Å². The number of carboxylic acids is 1. The molecule has 0 radical (unpaired) electrons. The molecule has 3 aromatic rings. The number of carbonyl (C=O) groups is 3. The van der Waals surface area contributed by atoms with Gasteiger partial charge in [-0.3, -0.25) is 4.79 Å². The molecule has 9 heteroatoms. The highest BCUT2D eigenvalue weighted by molar-refractivity contribution is 6.40. The second kappa shape index (κ2) is 10.4. The number of carboxylic acid groups (broad SMARTS) is 1. The summed E-state index contributed by atoms with van der Waals surface area (Å²) >= 11 is 12.1. The van der Waals surface area contributed by atoms with Crippen LogP contribution in [0.3, 0.4) is 0 Å². The van der Waals surface area contributed by atoms with E-state index >= 15 is 0 Å². The first-order valence-electron chi connectivity index (χ1n) is 10.9. The molecule has 0 saturated heterocycles. The number of fused-ring (bicyclic) bond motifs is 3. The minimum absolute atomic E-state index is 0.000369. The lowest BCUT2D eigenvalue weighted by molar-refractivity contribution is -0.116. The molecule has 0 heterocycles. The lowest BCUT2D eigenvalue weighted by atomic mass is 9.98. The molecule has 1 atom stereocenters. The molecule has 35 heavy (non-hydrogen) atoms. The maximum atomic E-state index is 12.4. The van der Waals surface area contributed by atoms with Crippen LogP contribution >= 0.6 is 23.2 Å². The van der Waals surface area contributed by atoms with E-state index in [2.05, 4.69) is 22.8 Å². The average molecular weight is 513 g/mol. The van der Waals surface area contributed by atoms with Gasteiger partial charge in [0, 0.05) is 18.4 Å². The van der Waals surface area contributed by atoms with Crippen LogP contribution < -0.4 is 10.6 Å². The molecule has 0 spiro atoms. The highest BCUT2D eigenvalue weighted by Gasteiger charge is 2.29. The molecule has 0 fully saturated rings. The third-order valence-corrected chi connectivity index (χ3v) is 6.35. The number of hydrogen-bond donors (Lipinski definition) is 3. The van der Waals surface area contributed by atoms with Gasteiger partial charge in [-0.25, -0.2) is 9.59 Å². The molecular formula is C26H22Cl2N2O5. The molecule has 0 aromatic heterocycles. The van der Waals surface area contributed by atoms with E-state index in [9.17, 15) is 14.4 Å². The summed E-state index contributed by atoms with van der Waals surface area (Å²) in [6.07, 6.45) is -0.702. The van der Waals surface area contributed by atoms with Crippen LogP contribution in [0.25, 0.3) is 11.1 Å². The lowest BCUT2D eigenvalue weighted by Gasteiger charge is -2.17. The Kier molecular flexibility index (Phi) is 7.28. The Balaban J connectivity index is 1.32. The average Bonchev–Trinajstić information content (AvgIpc) is 3.13. The number of alkyl carbamates (subject to hydrolysis) is 1. The Morgan fingerprint density at radius 1 is 0.971 bits per heavy atom. The van der Waals surface area contributed by atoms with Crippen LogP contribution in [0.2, 0.25) is 10.0 Å². The lowest BCUT2D eigenvalue weighted by Crippen LogP contribution is -2.36. The third kappa shape index (κ3) is 5.42. The van der Waals surface area contributed by atoms with Gasteiger partial charge in [0.1, 0.15) is 6.61 Å². The number of halogens is 2. The first kappa shape index (κ1) is 24.6. The first-order chi connectivity index (χ1) is 16.7. The predicted molar refractivity (Wildman–Crippen MR) is 134 cm³/mol. The third-order valence-electron chi connectivity index (χ3n) is 5.75. The molecule has 180 valence electrons. The summed E-state index contributed by atoms with van der Waals surface area (Å²) in [5, 5.41) is 14.3. The van der Waals surface area contributed by atoms with Crippen LogP contribution in [0.5, 0.6) is 0 Å². The minimum atomic E-state index is -1.19. The van der Waals surface area contributed by atoms with Crippen molar-refractivity contribution in [2.24, 2.45) is 0 Å². The van der Waals surface area contributed by atoms with Crippen molar-refractivity contribution in [2.45, 2.75) is 25.3 Å². The highest BCUT2D eigenvalue weighted by atomic mass is 35.5. The number of amides is 2. The zero-order chi connectivity index (χ0) is 25.1. The van der Waals surface area contributed by atoms with E-state index in [4.69, 9.17) is 33.0 Å². The molecule has 0 aliphatic heterocycles. The van der Waals surface area contributed by atoms with Crippen LogP contribution in [-0.2, 0) is 9.53 Å². The van der Waals surface area contributed by atoms with Crippen LogP contribution in [0, 0.1) is 0 Å². The molecule has 1 aliphatic carbocycles. The van der Waals surface area contributed by atoms with Crippen molar-refractivity contribution in [3.05, 3.63) is 87.4 Å². The van der Waals surface area contributed by atoms with Crippen molar-refractivity contribution in [1.29, 1.82) is 0 Å². The summed E-state index contributed by atoms with van der Waals surface area (Å²) in [6.45, 7) is 1.83. The zero-order valence-corrected chi connectivity index (χ0v) is 20.2. The summed E-state index contributed by atoms with van der Waals surface area (Å²) in [5.74, 6) is -1.71. The number of nitrogens with one attached hydrogen (secondary N) is 2. The molecule has 3 N–H and O–H groups in total. The molecule has 3 aromatic carbocycles. The Labute approximate surface area is 212 Å². The van der Waals surface area contributed by atoms with E-state index in [-0.39, 0.29) is 40.2 Å². The maximum Gasteiger partial charge on any atom is 0.407 e. The quantitative estimate of drug-likeness (QED) is 0.362. The van der Waals surface area contributed by atoms with Gasteiger partial charge in [-0.05, 0) is 41.3 Å². The van der Waals surface area contributed by atoms with Crippen molar-refractivity contribution >= 4 is 46.9 Å². The normalized spacial score (nSPS) is 12.9. The second-order valence-corrected chi connectivity index (χ2v) is 9.06. The van der Waals surface area contributed by atoms with Crippen LogP contribution in [0.1, 0.15) is 40.7 Å². The van der Waals surface area contributed by atoms with Crippen LogP contribution in [-0.4, -0.2) is 35.7 Å². The molecular weight excluding hydrogens is 491 g/mol. The molecule has 7 nitrogen and oxygen atoms in total. The summed E-state index contributed by atoms with van der Waals surface area (Å²) in [6, 6.07) is 17.9. The molecule has 0 bridgehead atoms. The van der Waals surface area contributed by atoms with Gasteiger partial charge in [-0.15, -0.1) is 0 Å². The number of aromatic carboxylic acids is 1. The van der Waals surface area contributed by atoms with Gasteiger partial charge in [0.2, 0.25) is 5.91 Å². The minimum Gasteiger partial charge on any atom is -0.478 e. The predicted octanol–water partition coefficient (Wildman–Crippen LogP) is 5.95. The van der Waals surface area contributed by atoms with Gasteiger partial charge in [-0.1, -0.05) is 71.7 Å². The second-order valence-electron chi connectivity index (χ2n) is 8.24. The Morgan fingerprint density at radius 3 is 2.06 bits per heavy atom. The Morgan fingerprint density at radius 2 is 1.51 bits per heavy atom. The van der Waals surface area contributed by atoms with Gasteiger partial charge in [0.25, 0.3) is 0 Å². The number of benzene rings is 3. The van der Waals surface area contributed by atoms with Gasteiger partial charge in [0.05, 0.1) is 21.3 Å². The smallest absolute Gasteiger partial charge is 0.407 e.